The largest absolute Gasteiger partial charge is 0.311 e. The van der Waals surface area contributed by atoms with Crippen molar-refractivity contribution in [1.82, 2.24) is 10.3 Å². The molecule has 1 amide bonds. The van der Waals surface area contributed by atoms with Crippen LogP contribution in [0.2, 0.25) is 0 Å². The second-order valence-corrected chi connectivity index (χ2v) is 7.90. The lowest BCUT2D eigenvalue weighted by Gasteiger charge is -2.17. The summed E-state index contributed by atoms with van der Waals surface area (Å²) in [4.78, 5) is 18.0. The summed E-state index contributed by atoms with van der Waals surface area (Å²) in [6.45, 7) is 3.33. The van der Waals surface area contributed by atoms with Gasteiger partial charge in [-0.05, 0) is 37.2 Å². The number of hydrogen-bond acceptors (Lipinski definition) is 6. The highest BCUT2D eigenvalue weighted by Crippen LogP contribution is 2.24. The Morgan fingerprint density at radius 2 is 2.12 bits per heavy atom. The maximum Gasteiger partial charge on any atom is 0.263 e. The van der Waals surface area contributed by atoms with E-state index in [0.29, 0.717) is 17.4 Å². The van der Waals surface area contributed by atoms with Crippen molar-refractivity contribution in [3.05, 3.63) is 35.8 Å². The number of aromatic nitrogens is 1. The van der Waals surface area contributed by atoms with Gasteiger partial charge in [0.15, 0.2) is 5.13 Å². The van der Waals surface area contributed by atoms with Crippen LogP contribution in [-0.4, -0.2) is 38.4 Å². The number of nitrogens with one attached hydrogen (secondary N) is 2. The van der Waals surface area contributed by atoms with Crippen molar-refractivity contribution in [2.45, 2.75) is 24.3 Å². The molecule has 134 valence electrons. The van der Waals surface area contributed by atoms with Crippen LogP contribution in [0.1, 0.15) is 17.6 Å². The van der Waals surface area contributed by atoms with E-state index in [4.69, 9.17) is 0 Å². The van der Waals surface area contributed by atoms with E-state index in [1.807, 2.05) is 6.92 Å². The molecule has 0 aliphatic carbocycles. The first-order chi connectivity index (χ1) is 11.5. The topological polar surface area (TPSA) is 91.4 Å². The molecule has 2 aromatic rings. The van der Waals surface area contributed by atoms with Crippen LogP contribution in [0.3, 0.4) is 0 Å². The molecule has 1 atom stereocenters. The fourth-order valence-corrected chi connectivity index (χ4v) is 4.41. The number of likely N-dealkylation sites (N-methyl/N-ethyl adjacent to an activating group) is 1. The summed E-state index contributed by atoms with van der Waals surface area (Å²) in [5.41, 5.74) is 0.702. The van der Waals surface area contributed by atoms with Crippen molar-refractivity contribution in [1.29, 1.82) is 0 Å². The van der Waals surface area contributed by atoms with E-state index in [1.54, 1.807) is 22.4 Å². The van der Waals surface area contributed by atoms with Crippen LogP contribution in [-0.2, 0) is 14.8 Å². The fraction of sp³-hybridized carbons (Fsp3) is 0.333. The Hall–Kier alpha value is -1.97. The molecule has 1 aromatic heterocycles. The molecule has 1 aromatic carbocycles. The smallest absolute Gasteiger partial charge is 0.263 e. The van der Waals surface area contributed by atoms with Crippen molar-refractivity contribution in [2.75, 3.05) is 22.7 Å². The molecule has 1 aliphatic heterocycles. The monoisotopic (exact) mass is 372 g/mol. The molecule has 24 heavy (non-hydrogen) atoms. The van der Waals surface area contributed by atoms with E-state index in [1.165, 1.54) is 29.7 Å². The van der Waals surface area contributed by atoms with Gasteiger partial charge < -0.3 is 10.2 Å². The average Bonchev–Trinajstić information content (AvgIpc) is 3.18. The Morgan fingerprint density at radius 1 is 1.38 bits per heavy atom. The van der Waals surface area contributed by atoms with Gasteiger partial charge in [-0.15, -0.1) is 11.3 Å². The minimum atomic E-state index is -3.67. The lowest BCUT2D eigenvalue weighted by Crippen LogP contribution is -2.38. The third-order valence-corrected chi connectivity index (χ3v) is 5.94. The number of amides is 1. The SMILES string of the molecule is CCN[C@H]1CCN(c2ccc(S(=O)(=O)Nc3nccs3)cc2)C1=O.[HH].[HH].[HH]. The quantitative estimate of drug-likeness (QED) is 0.812. The molecule has 9 heteroatoms. The van der Waals surface area contributed by atoms with Crippen LogP contribution < -0.4 is 14.9 Å². The predicted molar refractivity (Wildman–Crippen MR) is 100 cm³/mol. The first-order valence-corrected chi connectivity index (χ1v) is 9.94. The van der Waals surface area contributed by atoms with Crippen LogP contribution >= 0.6 is 11.3 Å². The number of nitrogens with zero attached hydrogens (tertiary/aromatic N) is 2. The number of rotatable bonds is 6. The molecule has 2 N–H and O–H groups in total. The van der Waals surface area contributed by atoms with Crippen molar-refractivity contribution in [3.63, 3.8) is 0 Å². The number of thiazole rings is 1. The summed E-state index contributed by atoms with van der Waals surface area (Å²) in [6, 6.07) is 6.15. The Morgan fingerprint density at radius 3 is 2.75 bits per heavy atom. The van der Waals surface area contributed by atoms with Gasteiger partial charge in [-0.2, -0.15) is 0 Å². The second kappa shape index (κ2) is 6.88. The van der Waals surface area contributed by atoms with Crippen molar-refractivity contribution in [2.24, 2.45) is 0 Å². The Bertz CT molecular complexity index is 817. The van der Waals surface area contributed by atoms with E-state index in [9.17, 15) is 13.2 Å². The molecule has 0 unspecified atom stereocenters. The normalized spacial score (nSPS) is 18.1. The molecule has 3 rings (SSSR count). The minimum absolute atomic E-state index is 0. The molecule has 1 fully saturated rings. The number of sulfonamides is 1. The van der Waals surface area contributed by atoms with Gasteiger partial charge in [-0.3, -0.25) is 9.52 Å². The van der Waals surface area contributed by atoms with Gasteiger partial charge in [0, 0.05) is 28.1 Å². The minimum Gasteiger partial charge on any atom is -0.311 e. The molecule has 1 aliphatic rings. The Labute approximate surface area is 149 Å². The van der Waals surface area contributed by atoms with Gasteiger partial charge in [-0.1, -0.05) is 6.92 Å². The Kier molecular flexibility index (Phi) is 4.83. The van der Waals surface area contributed by atoms with Gasteiger partial charge in [0.05, 0.1) is 10.9 Å². The molecule has 0 saturated carbocycles. The number of carbonyl (C=O) groups excluding carboxylic acids is 1. The predicted octanol–water partition coefficient (Wildman–Crippen LogP) is 2.40. The Balaban J connectivity index is 0.00000225. The summed E-state index contributed by atoms with van der Waals surface area (Å²) in [5.74, 6) is 0.0216. The molecule has 7 nitrogen and oxygen atoms in total. The van der Waals surface area contributed by atoms with Crippen LogP contribution in [0.15, 0.2) is 40.7 Å². The molecule has 2 heterocycles. The third kappa shape index (κ3) is 3.42. The average molecular weight is 373 g/mol. The summed E-state index contributed by atoms with van der Waals surface area (Å²) in [5, 5.41) is 5.17. The zero-order valence-corrected chi connectivity index (χ0v) is 14.7. The molecular weight excluding hydrogens is 348 g/mol. The zero-order valence-electron chi connectivity index (χ0n) is 13.1. The summed E-state index contributed by atoms with van der Waals surface area (Å²) in [7, 11) is -3.67. The highest BCUT2D eigenvalue weighted by atomic mass is 32.2. The van der Waals surface area contributed by atoms with E-state index >= 15 is 0 Å². The standard InChI is InChI=1S/C15H18N4O3S2.3H2/c1-2-16-13-7-9-19(14(13)20)11-3-5-12(6-4-11)24(21,22)18-15-17-8-10-23-15;;;/h3-6,8,10,13,16H,2,7,9H2,1H3,(H,17,18);3*1H/t13-;;;/m0.../s1. The number of hydrogen-bond donors (Lipinski definition) is 2. The van der Waals surface area contributed by atoms with Crippen molar-refractivity contribution < 1.29 is 17.5 Å². The summed E-state index contributed by atoms with van der Waals surface area (Å²) < 4.78 is 27.0. The number of carbonyl (C=O) groups is 1. The van der Waals surface area contributed by atoms with Crippen molar-refractivity contribution >= 4 is 38.1 Å². The number of benzene rings is 1. The van der Waals surface area contributed by atoms with Crippen molar-refractivity contribution in [3.8, 4) is 0 Å². The molecule has 0 spiro atoms. The maximum absolute atomic E-state index is 12.3. The van der Waals surface area contributed by atoms with Gasteiger partial charge >= 0.3 is 0 Å². The van der Waals surface area contributed by atoms with Crippen LogP contribution in [0.5, 0.6) is 0 Å². The molecule has 0 bridgehead atoms. The molecule has 0 radical (unpaired) electrons. The second-order valence-electron chi connectivity index (χ2n) is 5.33. The van der Waals surface area contributed by atoms with Gasteiger partial charge in [0.1, 0.15) is 0 Å². The van der Waals surface area contributed by atoms with E-state index in [2.05, 4.69) is 15.0 Å². The van der Waals surface area contributed by atoms with Crippen LogP contribution in [0.4, 0.5) is 10.8 Å². The van der Waals surface area contributed by atoms with Crippen LogP contribution in [0, 0.1) is 0 Å². The maximum atomic E-state index is 12.3. The van der Waals surface area contributed by atoms with Gasteiger partial charge in [0.2, 0.25) is 5.91 Å². The lowest BCUT2D eigenvalue weighted by atomic mass is 10.2. The molecular formula is C15H24N4O3S2. The van der Waals surface area contributed by atoms with E-state index in [-0.39, 0.29) is 21.1 Å². The number of anilines is 2. The highest BCUT2D eigenvalue weighted by Gasteiger charge is 2.31. The third-order valence-electron chi connectivity index (χ3n) is 3.77. The van der Waals surface area contributed by atoms with E-state index in [0.717, 1.165) is 13.0 Å². The van der Waals surface area contributed by atoms with E-state index < -0.39 is 10.0 Å². The van der Waals surface area contributed by atoms with Gasteiger partial charge in [0.25, 0.3) is 10.0 Å². The highest BCUT2D eigenvalue weighted by molar-refractivity contribution is 7.93. The summed E-state index contributed by atoms with van der Waals surface area (Å²) >= 11 is 1.21. The summed E-state index contributed by atoms with van der Waals surface area (Å²) in [6.07, 6.45) is 2.28. The zero-order chi connectivity index (χ0) is 17.2. The first-order valence-electron chi connectivity index (χ1n) is 7.58. The fourth-order valence-electron chi connectivity index (χ4n) is 2.63. The van der Waals surface area contributed by atoms with Gasteiger partial charge in [-0.25, -0.2) is 13.4 Å². The first kappa shape index (κ1) is 16.9. The van der Waals surface area contributed by atoms with Crippen LogP contribution in [0.25, 0.3) is 0 Å². The lowest BCUT2D eigenvalue weighted by molar-refractivity contribution is -0.118. The molecule has 1 saturated heterocycles.